The molecule has 82 valence electrons. The number of pyridine rings is 1. The summed E-state index contributed by atoms with van der Waals surface area (Å²) in [6.45, 7) is 1.84. The van der Waals surface area contributed by atoms with Crippen LogP contribution < -0.4 is 5.56 Å². The maximum absolute atomic E-state index is 11.2. The van der Waals surface area contributed by atoms with Gasteiger partial charge >= 0.3 is 5.97 Å². The smallest absolute Gasteiger partial charge is 0.307 e. The molecule has 0 unspecified atom stereocenters. The van der Waals surface area contributed by atoms with Crippen LogP contribution in [0.1, 0.15) is 11.1 Å². The lowest BCUT2D eigenvalue weighted by Gasteiger charge is -2.03. The van der Waals surface area contributed by atoms with Crippen LogP contribution in [0.4, 0.5) is 0 Å². The Morgan fingerprint density at radius 3 is 2.81 bits per heavy atom. The molecule has 2 aromatic rings. The highest BCUT2D eigenvalue weighted by atomic mass is 16.4. The first-order chi connectivity index (χ1) is 7.56. The van der Waals surface area contributed by atoms with E-state index in [1.807, 2.05) is 6.92 Å². The Morgan fingerprint density at radius 2 is 2.12 bits per heavy atom. The lowest BCUT2D eigenvalue weighted by atomic mass is 10.1. The first-order valence-electron chi connectivity index (χ1n) is 4.90. The predicted molar refractivity (Wildman–Crippen MR) is 60.6 cm³/mol. The molecular weight excluding hydrogens is 206 g/mol. The molecule has 0 aliphatic carbocycles. The number of hydrogen-bond donors (Lipinski definition) is 2. The zero-order chi connectivity index (χ0) is 11.7. The fourth-order valence-electron chi connectivity index (χ4n) is 1.75. The minimum atomic E-state index is -0.860. The molecule has 0 bridgehead atoms. The summed E-state index contributed by atoms with van der Waals surface area (Å²) in [5.41, 5.74) is 2.18. The summed E-state index contributed by atoms with van der Waals surface area (Å²) in [7, 11) is 0. The summed E-state index contributed by atoms with van der Waals surface area (Å²) in [6.07, 6.45) is -0.00545. The molecule has 1 heterocycles. The number of rotatable bonds is 2. The van der Waals surface area contributed by atoms with E-state index in [1.165, 1.54) is 6.07 Å². The van der Waals surface area contributed by atoms with Gasteiger partial charge in [0.15, 0.2) is 0 Å². The maximum Gasteiger partial charge on any atom is 0.307 e. The van der Waals surface area contributed by atoms with Crippen LogP contribution in [0, 0.1) is 6.92 Å². The third kappa shape index (κ3) is 1.95. The number of aliphatic carboxylic acids is 1. The van der Waals surface area contributed by atoms with Gasteiger partial charge in [-0.1, -0.05) is 6.07 Å². The molecule has 0 fully saturated rings. The van der Waals surface area contributed by atoms with Crippen molar-refractivity contribution in [2.45, 2.75) is 13.3 Å². The van der Waals surface area contributed by atoms with Gasteiger partial charge in [-0.2, -0.15) is 0 Å². The van der Waals surface area contributed by atoms with Gasteiger partial charge in [0.25, 0.3) is 0 Å². The van der Waals surface area contributed by atoms with E-state index >= 15 is 0 Å². The number of carboxylic acid groups (broad SMARTS) is 1. The van der Waals surface area contributed by atoms with Crippen LogP contribution in [0.15, 0.2) is 29.1 Å². The summed E-state index contributed by atoms with van der Waals surface area (Å²) >= 11 is 0. The molecule has 0 spiro atoms. The molecule has 0 aliphatic rings. The zero-order valence-electron chi connectivity index (χ0n) is 8.78. The number of benzene rings is 1. The standard InChI is InChI=1S/C12H11NO3/c1-7-4-11(14)13-10-3-2-8(5-9(7)10)6-12(15)16/h2-5H,6H2,1H3,(H,13,14)(H,15,16). The van der Waals surface area contributed by atoms with Crippen LogP contribution >= 0.6 is 0 Å². The van der Waals surface area contributed by atoms with E-state index in [0.29, 0.717) is 0 Å². The van der Waals surface area contributed by atoms with E-state index < -0.39 is 5.97 Å². The summed E-state index contributed by atoms with van der Waals surface area (Å²) in [4.78, 5) is 24.5. The zero-order valence-corrected chi connectivity index (χ0v) is 8.78. The minimum absolute atomic E-state index is 0.00545. The Morgan fingerprint density at radius 1 is 1.38 bits per heavy atom. The number of aromatic nitrogens is 1. The number of carboxylic acids is 1. The topological polar surface area (TPSA) is 70.2 Å². The molecule has 0 radical (unpaired) electrons. The van der Waals surface area contributed by atoms with Crippen molar-refractivity contribution >= 4 is 16.9 Å². The number of fused-ring (bicyclic) bond motifs is 1. The van der Waals surface area contributed by atoms with E-state index in [0.717, 1.165) is 22.0 Å². The van der Waals surface area contributed by atoms with E-state index in [4.69, 9.17) is 5.11 Å². The van der Waals surface area contributed by atoms with Crippen molar-refractivity contribution < 1.29 is 9.90 Å². The molecular formula is C12H11NO3. The molecule has 4 nitrogen and oxygen atoms in total. The highest BCUT2D eigenvalue weighted by Gasteiger charge is 2.04. The normalized spacial score (nSPS) is 10.6. The van der Waals surface area contributed by atoms with Gasteiger partial charge in [0.2, 0.25) is 5.56 Å². The Balaban J connectivity index is 2.61. The quantitative estimate of drug-likeness (QED) is 0.800. The van der Waals surface area contributed by atoms with Crippen molar-refractivity contribution in [2.24, 2.45) is 0 Å². The molecule has 16 heavy (non-hydrogen) atoms. The van der Waals surface area contributed by atoms with E-state index in [-0.39, 0.29) is 12.0 Å². The van der Waals surface area contributed by atoms with Gasteiger partial charge in [-0.25, -0.2) is 0 Å². The lowest BCUT2D eigenvalue weighted by Crippen LogP contribution is -2.05. The highest BCUT2D eigenvalue weighted by Crippen LogP contribution is 2.16. The number of aromatic amines is 1. The SMILES string of the molecule is Cc1cc(=O)[nH]c2ccc(CC(=O)O)cc12. The van der Waals surface area contributed by atoms with Gasteiger partial charge in [0, 0.05) is 17.0 Å². The van der Waals surface area contributed by atoms with E-state index in [9.17, 15) is 9.59 Å². The van der Waals surface area contributed by atoms with Gasteiger partial charge in [-0.3, -0.25) is 9.59 Å². The van der Waals surface area contributed by atoms with Crippen molar-refractivity contribution in [3.63, 3.8) is 0 Å². The van der Waals surface area contributed by atoms with Crippen molar-refractivity contribution in [1.29, 1.82) is 0 Å². The Bertz CT molecular complexity index is 613. The first kappa shape index (κ1) is 10.4. The van der Waals surface area contributed by atoms with E-state index in [2.05, 4.69) is 4.98 Å². The molecule has 2 rings (SSSR count). The van der Waals surface area contributed by atoms with Crippen LogP contribution in [-0.2, 0) is 11.2 Å². The van der Waals surface area contributed by atoms with Crippen molar-refractivity contribution in [3.8, 4) is 0 Å². The largest absolute Gasteiger partial charge is 0.481 e. The minimum Gasteiger partial charge on any atom is -0.481 e. The van der Waals surface area contributed by atoms with Crippen LogP contribution in [-0.4, -0.2) is 16.1 Å². The summed E-state index contributed by atoms with van der Waals surface area (Å²) in [5, 5.41) is 9.58. The molecule has 0 aliphatic heterocycles. The van der Waals surface area contributed by atoms with Crippen LogP contribution in [0.2, 0.25) is 0 Å². The number of carbonyl (C=O) groups is 1. The number of H-pyrrole nitrogens is 1. The summed E-state index contributed by atoms with van der Waals surface area (Å²) in [5.74, 6) is -0.860. The lowest BCUT2D eigenvalue weighted by molar-refractivity contribution is -0.136. The van der Waals surface area contributed by atoms with Crippen LogP contribution in [0.3, 0.4) is 0 Å². The third-order valence-corrected chi connectivity index (χ3v) is 2.47. The number of nitrogens with one attached hydrogen (secondary N) is 1. The molecule has 0 amide bonds. The molecule has 4 heteroatoms. The van der Waals surface area contributed by atoms with Gasteiger partial charge in [-0.05, 0) is 30.2 Å². The van der Waals surface area contributed by atoms with Crippen LogP contribution in [0.5, 0.6) is 0 Å². The molecule has 1 aromatic carbocycles. The Hall–Kier alpha value is -2.10. The van der Waals surface area contributed by atoms with Gasteiger partial charge < -0.3 is 10.1 Å². The first-order valence-corrected chi connectivity index (χ1v) is 4.90. The second kappa shape index (κ2) is 3.81. The van der Waals surface area contributed by atoms with Gasteiger partial charge in [0.05, 0.1) is 6.42 Å². The van der Waals surface area contributed by atoms with Crippen molar-refractivity contribution in [1.82, 2.24) is 4.98 Å². The second-order valence-corrected chi connectivity index (χ2v) is 3.77. The second-order valence-electron chi connectivity index (χ2n) is 3.77. The van der Waals surface area contributed by atoms with Gasteiger partial charge in [-0.15, -0.1) is 0 Å². The maximum atomic E-state index is 11.2. The molecule has 0 saturated heterocycles. The highest BCUT2D eigenvalue weighted by molar-refractivity contribution is 5.83. The van der Waals surface area contributed by atoms with Crippen LogP contribution in [0.25, 0.3) is 10.9 Å². The number of hydrogen-bond acceptors (Lipinski definition) is 2. The summed E-state index contributed by atoms with van der Waals surface area (Å²) in [6, 6.07) is 6.76. The Kier molecular flexibility index (Phi) is 2.48. The average Bonchev–Trinajstić information content (AvgIpc) is 2.18. The summed E-state index contributed by atoms with van der Waals surface area (Å²) < 4.78 is 0. The van der Waals surface area contributed by atoms with E-state index in [1.54, 1.807) is 18.2 Å². The van der Waals surface area contributed by atoms with Crippen molar-refractivity contribution in [3.05, 3.63) is 45.7 Å². The monoisotopic (exact) mass is 217 g/mol. The molecule has 0 saturated carbocycles. The predicted octanol–water partition coefficient (Wildman–Crippen LogP) is 1.46. The fourth-order valence-corrected chi connectivity index (χ4v) is 1.75. The van der Waals surface area contributed by atoms with Gasteiger partial charge in [0.1, 0.15) is 0 Å². The molecule has 1 aromatic heterocycles. The number of aryl methyl sites for hydroxylation is 1. The Labute approximate surface area is 91.5 Å². The fraction of sp³-hybridized carbons (Fsp3) is 0.167. The molecule has 2 N–H and O–H groups in total. The third-order valence-electron chi connectivity index (χ3n) is 2.47. The molecule has 0 atom stereocenters. The average molecular weight is 217 g/mol. The van der Waals surface area contributed by atoms with Crippen molar-refractivity contribution in [2.75, 3.05) is 0 Å².